The van der Waals surface area contributed by atoms with Crippen molar-refractivity contribution in [1.29, 1.82) is 0 Å². The summed E-state index contributed by atoms with van der Waals surface area (Å²) in [6, 6.07) is 9.93. The minimum absolute atomic E-state index is 0.205. The second-order valence-electron chi connectivity index (χ2n) is 5.40. The quantitative estimate of drug-likeness (QED) is 0.822. The predicted octanol–water partition coefficient (Wildman–Crippen LogP) is 3.76. The topological polar surface area (TPSA) is 34.1 Å². The molecular weight excluding hydrogens is 256 g/mol. The van der Waals surface area contributed by atoms with Gasteiger partial charge in [-0.3, -0.25) is 9.59 Å². The van der Waals surface area contributed by atoms with Crippen LogP contribution in [0.15, 0.2) is 45.7 Å². The van der Waals surface area contributed by atoms with E-state index in [1.54, 1.807) is 0 Å². The molecule has 1 aromatic carbocycles. The molecule has 0 amide bonds. The van der Waals surface area contributed by atoms with Crippen molar-refractivity contribution in [3.63, 3.8) is 0 Å². The standard InChI is InChI=1S/C16H16O2S/c1-16-10-9-13(17)15(12(16)7-8-14(16)18)19-11-5-3-2-4-6-11/h2-6H,7-10H2,1H3/t16-/m1/s1. The maximum atomic E-state index is 12.2. The molecule has 0 saturated heterocycles. The predicted molar refractivity (Wildman–Crippen MR) is 75.9 cm³/mol. The van der Waals surface area contributed by atoms with Gasteiger partial charge in [-0.25, -0.2) is 0 Å². The average molecular weight is 272 g/mol. The van der Waals surface area contributed by atoms with Crippen LogP contribution in [0.25, 0.3) is 0 Å². The molecule has 1 fully saturated rings. The minimum Gasteiger partial charge on any atom is -0.299 e. The number of thioether (sulfide) groups is 1. The molecular formula is C16H16O2S. The van der Waals surface area contributed by atoms with Gasteiger partial charge in [0.05, 0.1) is 4.91 Å². The summed E-state index contributed by atoms with van der Waals surface area (Å²) >= 11 is 1.53. The van der Waals surface area contributed by atoms with Gasteiger partial charge in [-0.15, -0.1) is 0 Å². The maximum Gasteiger partial charge on any atom is 0.169 e. The van der Waals surface area contributed by atoms with Gasteiger partial charge in [-0.05, 0) is 37.5 Å². The summed E-state index contributed by atoms with van der Waals surface area (Å²) in [6.07, 6.45) is 2.55. The minimum atomic E-state index is -0.370. The molecule has 98 valence electrons. The number of carbonyl (C=O) groups is 2. The first-order valence-corrected chi connectivity index (χ1v) is 7.46. The van der Waals surface area contributed by atoms with E-state index in [2.05, 4.69) is 0 Å². The van der Waals surface area contributed by atoms with Gasteiger partial charge in [0.25, 0.3) is 0 Å². The van der Waals surface area contributed by atoms with E-state index in [0.717, 1.165) is 21.8 Å². The molecule has 0 aliphatic heterocycles. The average Bonchev–Trinajstić information content (AvgIpc) is 2.72. The van der Waals surface area contributed by atoms with E-state index >= 15 is 0 Å². The summed E-state index contributed by atoms with van der Waals surface area (Å²) in [4.78, 5) is 26.2. The lowest BCUT2D eigenvalue weighted by Crippen LogP contribution is -2.29. The zero-order valence-electron chi connectivity index (χ0n) is 10.9. The monoisotopic (exact) mass is 272 g/mol. The Balaban J connectivity index is 2.02. The van der Waals surface area contributed by atoms with Gasteiger partial charge in [0.15, 0.2) is 5.78 Å². The van der Waals surface area contributed by atoms with Gasteiger partial charge in [-0.2, -0.15) is 0 Å². The number of rotatable bonds is 2. The third-order valence-corrected chi connectivity index (χ3v) is 5.41. The second-order valence-corrected chi connectivity index (χ2v) is 6.49. The molecule has 19 heavy (non-hydrogen) atoms. The van der Waals surface area contributed by atoms with Crippen molar-refractivity contribution in [2.24, 2.45) is 5.41 Å². The zero-order chi connectivity index (χ0) is 13.5. The molecule has 0 radical (unpaired) electrons. The van der Waals surface area contributed by atoms with E-state index in [1.807, 2.05) is 37.3 Å². The van der Waals surface area contributed by atoms with Crippen LogP contribution >= 0.6 is 11.8 Å². The smallest absolute Gasteiger partial charge is 0.169 e. The fourth-order valence-corrected chi connectivity index (χ4v) is 4.18. The highest BCUT2D eigenvalue weighted by atomic mass is 32.2. The van der Waals surface area contributed by atoms with Crippen LogP contribution in [0.1, 0.15) is 32.6 Å². The van der Waals surface area contributed by atoms with E-state index in [1.165, 1.54) is 11.8 Å². The van der Waals surface area contributed by atoms with Crippen LogP contribution in [0.5, 0.6) is 0 Å². The Morgan fingerprint density at radius 1 is 1.05 bits per heavy atom. The Kier molecular flexibility index (Phi) is 3.09. The summed E-state index contributed by atoms with van der Waals surface area (Å²) in [6.45, 7) is 2.01. The normalized spacial score (nSPS) is 26.8. The SMILES string of the molecule is C[C@@]12CCC(=O)C(Sc3ccccc3)=C1CCC2=O. The van der Waals surface area contributed by atoms with Crippen LogP contribution in [-0.4, -0.2) is 11.6 Å². The molecule has 2 aliphatic rings. The number of benzene rings is 1. The number of fused-ring (bicyclic) bond motifs is 1. The van der Waals surface area contributed by atoms with Crippen molar-refractivity contribution in [2.45, 2.75) is 37.5 Å². The van der Waals surface area contributed by atoms with Crippen LogP contribution in [0.2, 0.25) is 0 Å². The largest absolute Gasteiger partial charge is 0.299 e. The van der Waals surface area contributed by atoms with Crippen molar-refractivity contribution in [3.8, 4) is 0 Å². The van der Waals surface area contributed by atoms with Crippen molar-refractivity contribution in [3.05, 3.63) is 40.8 Å². The maximum absolute atomic E-state index is 12.2. The molecule has 3 heteroatoms. The first-order valence-electron chi connectivity index (χ1n) is 6.64. The number of ketones is 2. The van der Waals surface area contributed by atoms with Crippen LogP contribution in [0.4, 0.5) is 0 Å². The number of Topliss-reactive ketones (excluding diaryl/α,β-unsaturated/α-hetero) is 2. The third-order valence-electron chi connectivity index (χ3n) is 4.23. The third kappa shape index (κ3) is 2.06. The molecule has 0 aromatic heterocycles. The summed E-state index contributed by atoms with van der Waals surface area (Å²) in [7, 11) is 0. The number of hydrogen-bond acceptors (Lipinski definition) is 3. The summed E-state index contributed by atoms with van der Waals surface area (Å²) < 4.78 is 0. The van der Waals surface area contributed by atoms with Gasteiger partial charge in [0.1, 0.15) is 5.78 Å². The molecule has 2 nitrogen and oxygen atoms in total. The van der Waals surface area contributed by atoms with E-state index in [-0.39, 0.29) is 11.2 Å². The van der Waals surface area contributed by atoms with Crippen molar-refractivity contribution < 1.29 is 9.59 Å². The highest BCUT2D eigenvalue weighted by Gasteiger charge is 2.46. The summed E-state index contributed by atoms with van der Waals surface area (Å²) in [5.41, 5.74) is 0.716. The van der Waals surface area contributed by atoms with Crippen molar-refractivity contribution >= 4 is 23.3 Å². The molecule has 3 rings (SSSR count). The van der Waals surface area contributed by atoms with Crippen molar-refractivity contribution in [1.82, 2.24) is 0 Å². The molecule has 0 N–H and O–H groups in total. The van der Waals surface area contributed by atoms with Crippen LogP contribution in [0.3, 0.4) is 0 Å². The fraction of sp³-hybridized carbons (Fsp3) is 0.375. The Hall–Kier alpha value is -1.35. The van der Waals surface area contributed by atoms with Gasteiger partial charge >= 0.3 is 0 Å². The van der Waals surface area contributed by atoms with Crippen LogP contribution in [-0.2, 0) is 9.59 Å². The lowest BCUT2D eigenvalue weighted by molar-refractivity contribution is -0.125. The van der Waals surface area contributed by atoms with E-state index in [9.17, 15) is 9.59 Å². The highest BCUT2D eigenvalue weighted by Crippen LogP contribution is 2.51. The van der Waals surface area contributed by atoms with E-state index in [0.29, 0.717) is 25.0 Å². The van der Waals surface area contributed by atoms with E-state index < -0.39 is 0 Å². The zero-order valence-corrected chi connectivity index (χ0v) is 11.8. The van der Waals surface area contributed by atoms with Gasteiger partial charge in [0, 0.05) is 23.2 Å². The Bertz CT molecular complexity index is 574. The summed E-state index contributed by atoms with van der Waals surface area (Å²) in [5, 5.41) is 0. The van der Waals surface area contributed by atoms with Crippen molar-refractivity contribution in [2.75, 3.05) is 0 Å². The molecule has 1 aromatic rings. The Morgan fingerprint density at radius 2 is 1.79 bits per heavy atom. The highest BCUT2D eigenvalue weighted by molar-refractivity contribution is 8.04. The Morgan fingerprint density at radius 3 is 2.53 bits per heavy atom. The number of carbonyl (C=O) groups excluding carboxylic acids is 2. The molecule has 0 spiro atoms. The van der Waals surface area contributed by atoms with Crippen LogP contribution in [0, 0.1) is 5.41 Å². The lowest BCUT2D eigenvalue weighted by Gasteiger charge is -2.30. The Labute approximate surface area is 117 Å². The molecule has 1 atom stereocenters. The van der Waals surface area contributed by atoms with Gasteiger partial charge in [-0.1, -0.05) is 30.0 Å². The number of hydrogen-bond donors (Lipinski definition) is 0. The van der Waals surface area contributed by atoms with Gasteiger partial charge in [0.2, 0.25) is 0 Å². The second kappa shape index (κ2) is 4.64. The lowest BCUT2D eigenvalue weighted by atomic mass is 9.75. The molecule has 0 unspecified atom stereocenters. The molecule has 1 saturated carbocycles. The van der Waals surface area contributed by atoms with Crippen LogP contribution < -0.4 is 0 Å². The first-order chi connectivity index (χ1) is 9.11. The number of allylic oxidation sites excluding steroid dienone is 2. The fourth-order valence-electron chi connectivity index (χ4n) is 2.98. The first kappa shape index (κ1) is 12.7. The molecule has 2 aliphatic carbocycles. The molecule has 0 bridgehead atoms. The molecule has 0 heterocycles. The van der Waals surface area contributed by atoms with E-state index in [4.69, 9.17) is 0 Å². The summed E-state index contributed by atoms with van der Waals surface area (Å²) in [5.74, 6) is 0.511. The van der Waals surface area contributed by atoms with Gasteiger partial charge < -0.3 is 0 Å².